The van der Waals surface area contributed by atoms with Crippen molar-refractivity contribution in [2.75, 3.05) is 13.6 Å². The van der Waals surface area contributed by atoms with E-state index < -0.39 is 11.2 Å². The lowest BCUT2D eigenvalue weighted by Gasteiger charge is -2.23. The largest absolute Gasteiger partial charge is 0.459 e. The van der Waals surface area contributed by atoms with E-state index in [9.17, 15) is 9.59 Å². The minimum absolute atomic E-state index is 0.0902. The third kappa shape index (κ3) is 8.10. The van der Waals surface area contributed by atoms with Crippen molar-refractivity contribution in [3.8, 4) is 0 Å². The molecule has 0 aliphatic rings. The lowest BCUT2D eigenvalue weighted by molar-refractivity contribution is -0.157. The third-order valence-corrected chi connectivity index (χ3v) is 2.75. The fourth-order valence-electron chi connectivity index (χ4n) is 2.04. The van der Waals surface area contributed by atoms with Gasteiger partial charge in [0.05, 0.1) is 13.1 Å². The number of esters is 2. The van der Waals surface area contributed by atoms with Crippen molar-refractivity contribution < 1.29 is 19.1 Å². The predicted molar refractivity (Wildman–Crippen MR) is 90.3 cm³/mol. The van der Waals surface area contributed by atoms with E-state index in [4.69, 9.17) is 9.47 Å². The van der Waals surface area contributed by atoms with Gasteiger partial charge in [-0.25, -0.2) is 4.98 Å². The van der Waals surface area contributed by atoms with Crippen LogP contribution in [0.5, 0.6) is 0 Å². The number of hydrogen-bond acceptors (Lipinski definition) is 6. The monoisotopic (exact) mass is 339 g/mol. The quantitative estimate of drug-likeness (QED) is 0.738. The average Bonchev–Trinajstić information content (AvgIpc) is 2.70. The Hall–Kier alpha value is -1.89. The average molecular weight is 339 g/mol. The van der Waals surface area contributed by atoms with Gasteiger partial charge in [0.15, 0.2) is 0 Å². The predicted octanol–water partition coefficient (Wildman–Crippen LogP) is 2.00. The molecule has 0 fully saturated rings. The maximum atomic E-state index is 11.9. The molecule has 0 unspecified atom stereocenters. The molecule has 0 aliphatic heterocycles. The molecule has 1 heterocycles. The molecule has 1 aromatic rings. The molecule has 1 rings (SSSR count). The Labute approximate surface area is 143 Å². The Kier molecular flexibility index (Phi) is 6.54. The summed E-state index contributed by atoms with van der Waals surface area (Å²) >= 11 is 0. The summed E-state index contributed by atoms with van der Waals surface area (Å²) in [7, 11) is 1.80. The first kappa shape index (κ1) is 20.2. The van der Waals surface area contributed by atoms with E-state index in [-0.39, 0.29) is 25.0 Å². The van der Waals surface area contributed by atoms with Gasteiger partial charge >= 0.3 is 11.9 Å². The molecule has 0 N–H and O–H groups in total. The van der Waals surface area contributed by atoms with Crippen LogP contribution in [-0.4, -0.2) is 51.2 Å². The first-order valence-corrected chi connectivity index (χ1v) is 7.98. The van der Waals surface area contributed by atoms with Crippen molar-refractivity contribution in [3.63, 3.8) is 0 Å². The van der Waals surface area contributed by atoms with Gasteiger partial charge in [-0.2, -0.15) is 0 Å². The lowest BCUT2D eigenvalue weighted by Crippen LogP contribution is -2.33. The van der Waals surface area contributed by atoms with E-state index in [1.807, 2.05) is 41.5 Å². The number of hydrogen-bond donors (Lipinski definition) is 0. The van der Waals surface area contributed by atoms with Gasteiger partial charge in [0.25, 0.3) is 0 Å². The molecule has 0 saturated carbocycles. The second kappa shape index (κ2) is 7.79. The molecule has 7 nitrogen and oxygen atoms in total. The van der Waals surface area contributed by atoms with Crippen LogP contribution >= 0.6 is 0 Å². The Balaban J connectivity index is 2.59. The highest BCUT2D eigenvalue weighted by molar-refractivity contribution is 5.72. The minimum atomic E-state index is -0.522. The molecule has 0 bridgehead atoms. The third-order valence-electron chi connectivity index (χ3n) is 2.75. The van der Waals surface area contributed by atoms with Crippen LogP contribution in [0.2, 0.25) is 0 Å². The zero-order valence-corrected chi connectivity index (χ0v) is 15.8. The topological polar surface area (TPSA) is 73.7 Å². The molecular weight excluding hydrogens is 310 g/mol. The minimum Gasteiger partial charge on any atom is -0.459 e. The summed E-state index contributed by atoms with van der Waals surface area (Å²) in [6.07, 6.45) is 3.35. The van der Waals surface area contributed by atoms with Gasteiger partial charge < -0.3 is 14.0 Å². The zero-order chi connectivity index (χ0) is 18.5. The van der Waals surface area contributed by atoms with Gasteiger partial charge in [-0.05, 0) is 48.6 Å². The molecular formula is C17H29N3O4. The Morgan fingerprint density at radius 3 is 2.17 bits per heavy atom. The normalized spacial score (nSPS) is 12.3. The smallest absolute Gasteiger partial charge is 0.326 e. The van der Waals surface area contributed by atoms with Gasteiger partial charge in [0.2, 0.25) is 0 Å². The fourth-order valence-corrected chi connectivity index (χ4v) is 2.04. The summed E-state index contributed by atoms with van der Waals surface area (Å²) in [5.41, 5.74) is -1.03. The Morgan fingerprint density at radius 1 is 1.08 bits per heavy atom. The molecule has 0 aromatic carbocycles. The van der Waals surface area contributed by atoms with E-state index in [2.05, 4.69) is 4.98 Å². The van der Waals surface area contributed by atoms with Crippen molar-refractivity contribution in [2.45, 2.75) is 65.8 Å². The molecule has 1 aromatic heterocycles. The molecule has 0 saturated heterocycles. The molecule has 7 heteroatoms. The van der Waals surface area contributed by atoms with E-state index in [0.29, 0.717) is 12.4 Å². The van der Waals surface area contributed by atoms with E-state index in [0.717, 1.165) is 0 Å². The molecule has 0 aliphatic carbocycles. The van der Waals surface area contributed by atoms with Crippen molar-refractivity contribution in [1.82, 2.24) is 14.5 Å². The van der Waals surface area contributed by atoms with E-state index >= 15 is 0 Å². The van der Waals surface area contributed by atoms with Crippen LogP contribution in [0.1, 0.15) is 47.4 Å². The summed E-state index contributed by atoms with van der Waals surface area (Å²) in [5, 5.41) is 0. The van der Waals surface area contributed by atoms with Crippen LogP contribution in [0.3, 0.4) is 0 Å². The van der Waals surface area contributed by atoms with Crippen molar-refractivity contribution >= 4 is 11.9 Å². The first-order valence-electron chi connectivity index (χ1n) is 7.98. The highest BCUT2D eigenvalue weighted by Crippen LogP contribution is 2.10. The molecule has 0 spiro atoms. The van der Waals surface area contributed by atoms with Crippen LogP contribution in [0.25, 0.3) is 0 Å². The van der Waals surface area contributed by atoms with Crippen LogP contribution in [0.4, 0.5) is 0 Å². The Morgan fingerprint density at radius 2 is 1.62 bits per heavy atom. The first-order chi connectivity index (χ1) is 10.9. The second-order valence-electron chi connectivity index (χ2n) is 7.82. The number of rotatable bonds is 6. The number of imidazole rings is 1. The van der Waals surface area contributed by atoms with Crippen LogP contribution in [0, 0.1) is 0 Å². The van der Waals surface area contributed by atoms with Crippen LogP contribution < -0.4 is 0 Å². The van der Waals surface area contributed by atoms with Crippen molar-refractivity contribution in [3.05, 3.63) is 18.2 Å². The van der Waals surface area contributed by atoms with Crippen LogP contribution in [0.15, 0.2) is 12.4 Å². The van der Waals surface area contributed by atoms with Gasteiger partial charge in [0.1, 0.15) is 23.6 Å². The molecule has 0 radical (unpaired) electrons. The zero-order valence-electron chi connectivity index (χ0n) is 15.8. The highest BCUT2D eigenvalue weighted by atomic mass is 16.6. The SMILES string of the molecule is CN(CC(=O)OC(C)(C)C)Cc1nccn1CC(=O)OC(C)(C)C. The van der Waals surface area contributed by atoms with Gasteiger partial charge in [0, 0.05) is 12.4 Å². The molecule has 0 atom stereocenters. The van der Waals surface area contributed by atoms with Gasteiger partial charge in [-0.3, -0.25) is 14.5 Å². The molecule has 136 valence electrons. The summed E-state index contributed by atoms with van der Waals surface area (Å²) in [6.45, 7) is 11.6. The number of carbonyl (C=O) groups excluding carboxylic acids is 2. The summed E-state index contributed by atoms with van der Waals surface area (Å²) < 4.78 is 12.3. The van der Waals surface area contributed by atoms with Crippen molar-refractivity contribution in [1.29, 1.82) is 0 Å². The highest BCUT2D eigenvalue weighted by Gasteiger charge is 2.20. The number of likely N-dealkylation sites (N-methyl/N-ethyl adjacent to an activating group) is 1. The fraction of sp³-hybridized carbons (Fsp3) is 0.706. The number of nitrogens with zero attached hydrogens (tertiary/aromatic N) is 3. The summed E-state index contributed by atoms with van der Waals surface area (Å²) in [5.74, 6) is 0.0683. The standard InChI is InChI=1S/C17H29N3O4/c1-16(2,3)23-14(21)11-19(7)10-13-18-8-9-20(13)12-15(22)24-17(4,5)6/h8-9H,10-12H2,1-7H3. The van der Waals surface area contributed by atoms with Crippen molar-refractivity contribution in [2.24, 2.45) is 0 Å². The number of carbonyl (C=O) groups is 2. The van der Waals surface area contributed by atoms with Gasteiger partial charge in [-0.15, -0.1) is 0 Å². The van der Waals surface area contributed by atoms with Crippen LogP contribution in [-0.2, 0) is 32.2 Å². The maximum Gasteiger partial charge on any atom is 0.326 e. The number of ether oxygens (including phenoxy) is 2. The summed E-state index contributed by atoms with van der Waals surface area (Å²) in [6, 6.07) is 0. The maximum absolute atomic E-state index is 11.9. The van der Waals surface area contributed by atoms with E-state index in [1.54, 1.807) is 28.9 Å². The molecule has 0 amide bonds. The summed E-state index contributed by atoms with van der Waals surface area (Å²) in [4.78, 5) is 29.8. The number of aromatic nitrogens is 2. The Bertz CT molecular complexity index is 567. The van der Waals surface area contributed by atoms with Gasteiger partial charge in [-0.1, -0.05) is 0 Å². The lowest BCUT2D eigenvalue weighted by atomic mass is 10.2. The second-order valence-corrected chi connectivity index (χ2v) is 7.82. The van der Waals surface area contributed by atoms with E-state index in [1.165, 1.54) is 0 Å². The molecule has 24 heavy (non-hydrogen) atoms.